The highest BCUT2D eigenvalue weighted by atomic mass is 32.2. The Kier molecular flexibility index (Phi) is 3.80. The molecular weight excluding hydrogens is 267 g/mol. The fourth-order valence-electron chi connectivity index (χ4n) is 1.68. The van der Waals surface area contributed by atoms with Crippen molar-refractivity contribution in [1.29, 1.82) is 0 Å². The van der Waals surface area contributed by atoms with Crippen LogP contribution >= 0.6 is 0 Å². The number of anilines is 1. The van der Waals surface area contributed by atoms with Gasteiger partial charge < -0.3 is 5.73 Å². The molecule has 1 heterocycles. The van der Waals surface area contributed by atoms with Gasteiger partial charge in [-0.3, -0.25) is 4.98 Å². The smallest absolute Gasteiger partial charge is 0.181 e. The molecule has 0 bridgehead atoms. The molecule has 19 heavy (non-hydrogen) atoms. The van der Waals surface area contributed by atoms with Crippen LogP contribution in [-0.2, 0) is 16.3 Å². The van der Waals surface area contributed by atoms with Crippen LogP contribution in [0, 0.1) is 5.82 Å². The van der Waals surface area contributed by atoms with Gasteiger partial charge in [0.2, 0.25) is 0 Å². The Hall–Kier alpha value is -1.95. The first-order chi connectivity index (χ1) is 8.99. The van der Waals surface area contributed by atoms with Crippen LogP contribution in [0.4, 0.5) is 10.1 Å². The number of nitrogen functional groups attached to an aromatic ring is 1. The molecule has 100 valence electrons. The van der Waals surface area contributed by atoms with Crippen molar-refractivity contribution in [2.75, 3.05) is 11.5 Å². The van der Waals surface area contributed by atoms with E-state index in [-0.39, 0.29) is 16.3 Å². The number of rotatable bonds is 4. The number of hydrogen-bond acceptors (Lipinski definition) is 4. The summed E-state index contributed by atoms with van der Waals surface area (Å²) in [7, 11) is -3.66. The quantitative estimate of drug-likeness (QED) is 0.867. The maximum Gasteiger partial charge on any atom is 0.181 e. The van der Waals surface area contributed by atoms with E-state index in [1.54, 1.807) is 24.5 Å². The lowest BCUT2D eigenvalue weighted by Gasteiger charge is -2.06. The first-order valence-corrected chi connectivity index (χ1v) is 7.31. The maximum atomic E-state index is 13.6. The molecule has 0 spiro atoms. The van der Waals surface area contributed by atoms with E-state index in [9.17, 15) is 12.8 Å². The Morgan fingerprint density at radius 1 is 1.26 bits per heavy atom. The molecule has 0 radical (unpaired) electrons. The van der Waals surface area contributed by atoms with Gasteiger partial charge in [-0.2, -0.15) is 0 Å². The lowest BCUT2D eigenvalue weighted by molar-refractivity contribution is 0.567. The molecule has 2 N–H and O–H groups in total. The molecule has 0 aliphatic rings. The van der Waals surface area contributed by atoms with E-state index in [1.807, 2.05) is 0 Å². The third kappa shape index (κ3) is 3.29. The minimum Gasteiger partial charge on any atom is -0.399 e. The third-order valence-corrected chi connectivity index (χ3v) is 4.42. The number of benzene rings is 1. The van der Waals surface area contributed by atoms with Crippen molar-refractivity contribution in [3.8, 4) is 0 Å². The largest absolute Gasteiger partial charge is 0.399 e. The predicted octanol–water partition coefficient (Wildman–Crippen LogP) is 1.82. The fraction of sp³-hybridized carbons (Fsp3) is 0.154. The lowest BCUT2D eigenvalue weighted by atomic mass is 10.2. The fourth-order valence-corrected chi connectivity index (χ4v) is 3.03. The van der Waals surface area contributed by atoms with Gasteiger partial charge in [-0.05, 0) is 36.2 Å². The van der Waals surface area contributed by atoms with Gasteiger partial charge in [-0.25, -0.2) is 12.8 Å². The molecule has 0 unspecified atom stereocenters. The molecule has 6 heteroatoms. The van der Waals surface area contributed by atoms with Gasteiger partial charge >= 0.3 is 0 Å². The number of pyridine rings is 1. The molecule has 1 aromatic heterocycles. The zero-order valence-corrected chi connectivity index (χ0v) is 10.9. The molecule has 0 aliphatic carbocycles. The highest BCUT2D eigenvalue weighted by Crippen LogP contribution is 2.19. The van der Waals surface area contributed by atoms with Crippen molar-refractivity contribution in [3.05, 3.63) is 54.1 Å². The minimum absolute atomic E-state index is 0.167. The average Bonchev–Trinajstić information content (AvgIpc) is 2.37. The van der Waals surface area contributed by atoms with Crippen LogP contribution in [0.5, 0.6) is 0 Å². The van der Waals surface area contributed by atoms with Gasteiger partial charge in [-0.15, -0.1) is 0 Å². The third-order valence-electron chi connectivity index (χ3n) is 2.67. The van der Waals surface area contributed by atoms with E-state index in [2.05, 4.69) is 4.98 Å². The van der Waals surface area contributed by atoms with Gasteiger partial charge in [0.25, 0.3) is 0 Å². The van der Waals surface area contributed by atoms with Gasteiger partial charge in [0.05, 0.1) is 5.75 Å². The summed E-state index contributed by atoms with van der Waals surface area (Å²) in [4.78, 5) is 3.59. The Balaban J connectivity index is 2.19. The van der Waals surface area contributed by atoms with Crippen LogP contribution in [0.2, 0.25) is 0 Å². The summed E-state index contributed by atoms with van der Waals surface area (Å²) < 4.78 is 37.7. The molecule has 0 saturated carbocycles. The van der Waals surface area contributed by atoms with Gasteiger partial charge in [-0.1, -0.05) is 6.07 Å². The van der Waals surface area contributed by atoms with Crippen LogP contribution < -0.4 is 5.73 Å². The molecule has 2 rings (SSSR count). The average molecular weight is 280 g/mol. The first kappa shape index (κ1) is 13.5. The predicted molar refractivity (Wildman–Crippen MR) is 70.8 cm³/mol. The second kappa shape index (κ2) is 5.36. The van der Waals surface area contributed by atoms with Crippen LogP contribution in [-0.4, -0.2) is 19.2 Å². The molecule has 4 nitrogen and oxygen atoms in total. The Morgan fingerprint density at radius 3 is 2.68 bits per heavy atom. The van der Waals surface area contributed by atoms with E-state index >= 15 is 0 Å². The number of halogens is 1. The SMILES string of the molecule is Nc1ccc(S(=O)(=O)CCc2cccnc2)c(F)c1. The van der Waals surface area contributed by atoms with Gasteiger partial charge in [0.15, 0.2) is 9.84 Å². The monoisotopic (exact) mass is 280 g/mol. The van der Waals surface area contributed by atoms with E-state index < -0.39 is 15.7 Å². The zero-order chi connectivity index (χ0) is 13.9. The summed E-state index contributed by atoms with van der Waals surface area (Å²) in [6.07, 6.45) is 3.49. The summed E-state index contributed by atoms with van der Waals surface area (Å²) >= 11 is 0. The Labute approximate surface area is 111 Å². The normalized spacial score (nSPS) is 11.4. The number of nitrogens with zero attached hydrogens (tertiary/aromatic N) is 1. The standard InChI is InChI=1S/C13H13FN2O2S/c14-12-8-11(15)3-4-13(12)19(17,18)7-5-10-2-1-6-16-9-10/h1-4,6,8-9H,5,7,15H2. The summed E-state index contributed by atoms with van der Waals surface area (Å²) in [6, 6.07) is 7.09. The Bertz CT molecular complexity index is 672. The van der Waals surface area contributed by atoms with E-state index in [1.165, 1.54) is 12.1 Å². The number of hydrogen-bond donors (Lipinski definition) is 1. The highest BCUT2D eigenvalue weighted by molar-refractivity contribution is 7.91. The minimum atomic E-state index is -3.66. The summed E-state index contributed by atoms with van der Waals surface area (Å²) in [6.45, 7) is 0. The second-order valence-electron chi connectivity index (χ2n) is 4.12. The molecular formula is C13H13FN2O2S. The van der Waals surface area contributed by atoms with Gasteiger partial charge in [0, 0.05) is 18.1 Å². The molecule has 0 atom stereocenters. The van der Waals surface area contributed by atoms with E-state index in [4.69, 9.17) is 5.73 Å². The number of sulfone groups is 1. The lowest BCUT2D eigenvalue weighted by Crippen LogP contribution is -2.11. The second-order valence-corrected chi connectivity index (χ2v) is 6.20. The number of aryl methyl sites for hydroxylation is 1. The van der Waals surface area contributed by atoms with Crippen molar-refractivity contribution in [2.45, 2.75) is 11.3 Å². The molecule has 0 amide bonds. The summed E-state index contributed by atoms with van der Waals surface area (Å²) in [5, 5.41) is 0. The van der Waals surface area contributed by atoms with Crippen molar-refractivity contribution in [1.82, 2.24) is 4.98 Å². The van der Waals surface area contributed by atoms with Gasteiger partial charge in [0.1, 0.15) is 10.7 Å². The number of aromatic nitrogens is 1. The van der Waals surface area contributed by atoms with Crippen LogP contribution in [0.25, 0.3) is 0 Å². The van der Waals surface area contributed by atoms with Crippen LogP contribution in [0.15, 0.2) is 47.6 Å². The van der Waals surface area contributed by atoms with E-state index in [0.717, 1.165) is 11.6 Å². The van der Waals surface area contributed by atoms with Crippen molar-refractivity contribution in [2.24, 2.45) is 0 Å². The van der Waals surface area contributed by atoms with Crippen molar-refractivity contribution >= 4 is 15.5 Å². The van der Waals surface area contributed by atoms with Crippen LogP contribution in [0.1, 0.15) is 5.56 Å². The summed E-state index contributed by atoms with van der Waals surface area (Å²) in [5.41, 5.74) is 6.38. The molecule has 0 fully saturated rings. The molecule has 1 aromatic carbocycles. The zero-order valence-electron chi connectivity index (χ0n) is 10.1. The maximum absolute atomic E-state index is 13.6. The number of nitrogens with two attached hydrogens (primary N) is 1. The Morgan fingerprint density at radius 2 is 2.05 bits per heavy atom. The first-order valence-electron chi connectivity index (χ1n) is 5.66. The molecule has 0 saturated heterocycles. The topological polar surface area (TPSA) is 73.1 Å². The van der Waals surface area contributed by atoms with Crippen molar-refractivity contribution in [3.63, 3.8) is 0 Å². The molecule has 0 aliphatic heterocycles. The van der Waals surface area contributed by atoms with Crippen LogP contribution in [0.3, 0.4) is 0 Å². The molecule has 2 aromatic rings. The highest BCUT2D eigenvalue weighted by Gasteiger charge is 2.19. The van der Waals surface area contributed by atoms with E-state index in [0.29, 0.717) is 6.42 Å². The summed E-state index contributed by atoms with van der Waals surface area (Å²) in [5.74, 6) is -0.981. The van der Waals surface area contributed by atoms with Crippen molar-refractivity contribution < 1.29 is 12.8 Å².